The number of aromatic carboxylic acids is 1. The van der Waals surface area contributed by atoms with Gasteiger partial charge < -0.3 is 19.9 Å². The summed E-state index contributed by atoms with van der Waals surface area (Å²) in [5, 5.41) is 13.5. The Morgan fingerprint density at radius 2 is 1.77 bits per heavy atom. The number of methoxy groups -OCH3 is 1. The third kappa shape index (κ3) is 5.39. The molecule has 3 rings (SSSR count). The zero-order valence-corrected chi connectivity index (χ0v) is 19.0. The molecule has 2 N–H and O–H groups in total. The van der Waals surface area contributed by atoms with Crippen LogP contribution in [-0.4, -0.2) is 18.2 Å². The zero-order valence-electron chi connectivity index (χ0n) is 15.9. The van der Waals surface area contributed by atoms with Crippen molar-refractivity contribution in [1.29, 1.82) is 0 Å². The van der Waals surface area contributed by atoms with Gasteiger partial charge in [-0.15, -0.1) is 0 Å². The van der Waals surface area contributed by atoms with Gasteiger partial charge in [-0.05, 0) is 48.5 Å². The number of ether oxygens (including phenoxy) is 2. The fourth-order valence-electron chi connectivity index (χ4n) is 2.82. The third-order valence-electron chi connectivity index (χ3n) is 4.37. The van der Waals surface area contributed by atoms with Crippen LogP contribution in [0, 0.1) is 0 Å². The molecule has 0 unspecified atom stereocenters. The lowest BCUT2D eigenvalue weighted by molar-refractivity contribution is 0.0697. The molecule has 0 spiro atoms. The van der Waals surface area contributed by atoms with Crippen LogP contribution in [0.2, 0.25) is 10.0 Å². The van der Waals surface area contributed by atoms with Gasteiger partial charge in [-0.25, -0.2) is 4.79 Å². The summed E-state index contributed by atoms with van der Waals surface area (Å²) in [6.07, 6.45) is 0. The van der Waals surface area contributed by atoms with Crippen LogP contribution < -0.4 is 14.8 Å². The van der Waals surface area contributed by atoms with E-state index in [0.717, 1.165) is 10.0 Å². The van der Waals surface area contributed by atoms with E-state index in [-0.39, 0.29) is 12.2 Å². The third-order valence-corrected chi connectivity index (χ3v) is 5.57. The Morgan fingerprint density at radius 1 is 1.07 bits per heavy atom. The van der Waals surface area contributed by atoms with Crippen LogP contribution in [0.15, 0.2) is 59.1 Å². The molecule has 0 saturated carbocycles. The Morgan fingerprint density at radius 3 is 2.43 bits per heavy atom. The molecule has 5 nitrogen and oxygen atoms in total. The SMILES string of the molecule is COc1ccc(C(=O)O)cc1NCc1cc(Br)ccc1OCc1c(Cl)cccc1Cl. The highest BCUT2D eigenvalue weighted by Crippen LogP contribution is 2.31. The minimum Gasteiger partial charge on any atom is -0.495 e. The second-order valence-corrected chi connectivity index (χ2v) is 8.04. The van der Waals surface area contributed by atoms with Gasteiger partial charge in [0.25, 0.3) is 0 Å². The first-order chi connectivity index (χ1) is 14.4. The molecule has 0 fully saturated rings. The molecule has 0 radical (unpaired) electrons. The van der Waals surface area contributed by atoms with Crippen molar-refractivity contribution in [2.24, 2.45) is 0 Å². The molecular weight excluding hydrogens is 493 g/mol. The summed E-state index contributed by atoms with van der Waals surface area (Å²) < 4.78 is 12.2. The van der Waals surface area contributed by atoms with Crippen molar-refractivity contribution < 1.29 is 19.4 Å². The van der Waals surface area contributed by atoms with Gasteiger partial charge >= 0.3 is 5.97 Å². The van der Waals surface area contributed by atoms with Crippen molar-refractivity contribution in [3.05, 3.63) is 85.8 Å². The number of anilines is 1. The Hall–Kier alpha value is -2.41. The number of carboxylic acids is 1. The number of hydrogen-bond donors (Lipinski definition) is 2. The van der Waals surface area contributed by atoms with Crippen molar-refractivity contribution in [1.82, 2.24) is 0 Å². The lowest BCUT2D eigenvalue weighted by Gasteiger charge is -2.16. The molecule has 0 aliphatic carbocycles. The molecule has 30 heavy (non-hydrogen) atoms. The van der Waals surface area contributed by atoms with Gasteiger partial charge in [0.15, 0.2) is 0 Å². The van der Waals surface area contributed by atoms with Gasteiger partial charge in [-0.1, -0.05) is 45.2 Å². The standard InChI is InChI=1S/C22H18BrCl2NO4/c1-29-21-7-5-13(22(27)28)10-19(21)26-11-14-9-15(23)6-8-20(14)30-12-16-17(24)3-2-4-18(16)25/h2-10,26H,11-12H2,1H3,(H,27,28). The molecule has 0 bridgehead atoms. The molecule has 0 amide bonds. The second kappa shape index (κ2) is 10.1. The van der Waals surface area contributed by atoms with Gasteiger partial charge in [0.2, 0.25) is 0 Å². The quantitative estimate of drug-likeness (QED) is 0.355. The molecular formula is C22H18BrCl2NO4. The van der Waals surface area contributed by atoms with Gasteiger partial charge in [0, 0.05) is 32.2 Å². The second-order valence-electron chi connectivity index (χ2n) is 6.31. The Balaban J connectivity index is 1.81. The molecule has 0 aliphatic heterocycles. The molecule has 0 aliphatic rings. The van der Waals surface area contributed by atoms with Crippen molar-refractivity contribution in [2.75, 3.05) is 12.4 Å². The van der Waals surface area contributed by atoms with E-state index >= 15 is 0 Å². The van der Waals surface area contributed by atoms with Crippen molar-refractivity contribution in [3.63, 3.8) is 0 Å². The minimum atomic E-state index is -1.01. The molecule has 0 atom stereocenters. The first-order valence-electron chi connectivity index (χ1n) is 8.88. The number of rotatable bonds is 8. The molecule has 156 valence electrons. The van der Waals surface area contributed by atoms with E-state index in [0.29, 0.717) is 39.3 Å². The number of carboxylic acid groups (broad SMARTS) is 1. The van der Waals surface area contributed by atoms with Crippen LogP contribution in [0.1, 0.15) is 21.5 Å². The van der Waals surface area contributed by atoms with Crippen molar-refractivity contribution in [3.8, 4) is 11.5 Å². The highest BCUT2D eigenvalue weighted by atomic mass is 79.9. The predicted octanol–water partition coefficient (Wildman–Crippen LogP) is 6.65. The monoisotopic (exact) mass is 509 g/mol. The van der Waals surface area contributed by atoms with E-state index < -0.39 is 5.97 Å². The number of carbonyl (C=O) groups is 1. The lowest BCUT2D eigenvalue weighted by Crippen LogP contribution is -2.06. The Kier molecular flexibility index (Phi) is 7.48. The number of halogens is 3. The molecule has 0 saturated heterocycles. The highest BCUT2D eigenvalue weighted by Gasteiger charge is 2.12. The van der Waals surface area contributed by atoms with Crippen molar-refractivity contribution in [2.45, 2.75) is 13.2 Å². The smallest absolute Gasteiger partial charge is 0.335 e. The average molecular weight is 511 g/mol. The Bertz CT molecular complexity index is 1050. The molecule has 0 aromatic heterocycles. The van der Waals surface area contributed by atoms with E-state index in [4.69, 9.17) is 32.7 Å². The molecule has 3 aromatic rings. The zero-order chi connectivity index (χ0) is 21.7. The first kappa shape index (κ1) is 22.3. The van der Waals surface area contributed by atoms with E-state index in [1.807, 2.05) is 18.2 Å². The summed E-state index contributed by atoms with van der Waals surface area (Å²) in [4.78, 5) is 11.3. The summed E-state index contributed by atoms with van der Waals surface area (Å²) in [6, 6.07) is 15.6. The lowest BCUT2D eigenvalue weighted by atomic mass is 10.1. The number of hydrogen-bond acceptors (Lipinski definition) is 4. The maximum Gasteiger partial charge on any atom is 0.335 e. The average Bonchev–Trinajstić information content (AvgIpc) is 2.72. The summed E-state index contributed by atoms with van der Waals surface area (Å²) in [5.41, 5.74) is 2.30. The maximum atomic E-state index is 11.3. The van der Waals surface area contributed by atoms with Crippen LogP contribution in [0.4, 0.5) is 5.69 Å². The Labute approximate surface area is 192 Å². The summed E-state index contributed by atoms with van der Waals surface area (Å²) in [6.45, 7) is 0.593. The normalized spacial score (nSPS) is 10.5. The van der Waals surface area contributed by atoms with Crippen LogP contribution in [-0.2, 0) is 13.2 Å². The molecule has 8 heteroatoms. The van der Waals surface area contributed by atoms with E-state index in [2.05, 4.69) is 21.2 Å². The number of nitrogens with one attached hydrogen (secondary N) is 1. The van der Waals surface area contributed by atoms with Crippen LogP contribution >= 0.6 is 39.1 Å². The topological polar surface area (TPSA) is 67.8 Å². The predicted molar refractivity (Wildman–Crippen MR) is 122 cm³/mol. The molecule has 3 aromatic carbocycles. The van der Waals surface area contributed by atoms with Gasteiger partial charge in [0.1, 0.15) is 18.1 Å². The van der Waals surface area contributed by atoms with Crippen molar-refractivity contribution >= 4 is 50.8 Å². The summed E-state index contributed by atoms with van der Waals surface area (Å²) >= 11 is 15.9. The maximum absolute atomic E-state index is 11.3. The highest BCUT2D eigenvalue weighted by molar-refractivity contribution is 9.10. The summed E-state index contributed by atoms with van der Waals surface area (Å²) in [5.74, 6) is 0.180. The summed E-state index contributed by atoms with van der Waals surface area (Å²) in [7, 11) is 1.53. The number of benzene rings is 3. The van der Waals surface area contributed by atoms with E-state index in [9.17, 15) is 9.90 Å². The van der Waals surface area contributed by atoms with Crippen LogP contribution in [0.25, 0.3) is 0 Å². The van der Waals surface area contributed by atoms with Gasteiger partial charge in [-0.3, -0.25) is 0 Å². The fourth-order valence-corrected chi connectivity index (χ4v) is 3.73. The van der Waals surface area contributed by atoms with Gasteiger partial charge in [0.05, 0.1) is 18.4 Å². The van der Waals surface area contributed by atoms with Crippen LogP contribution in [0.3, 0.4) is 0 Å². The fraction of sp³-hybridized carbons (Fsp3) is 0.136. The van der Waals surface area contributed by atoms with Gasteiger partial charge in [-0.2, -0.15) is 0 Å². The molecule has 0 heterocycles. The van der Waals surface area contributed by atoms with E-state index in [1.165, 1.54) is 19.2 Å². The van der Waals surface area contributed by atoms with E-state index in [1.54, 1.807) is 24.3 Å². The largest absolute Gasteiger partial charge is 0.495 e. The van der Waals surface area contributed by atoms with Crippen LogP contribution in [0.5, 0.6) is 11.5 Å². The first-order valence-corrected chi connectivity index (χ1v) is 10.4. The minimum absolute atomic E-state index is 0.164.